The molecule has 0 radical (unpaired) electrons. The van der Waals surface area contributed by atoms with Crippen LogP contribution in [0.25, 0.3) is 10.9 Å². The van der Waals surface area contributed by atoms with Crippen molar-refractivity contribution in [3.05, 3.63) is 57.4 Å². The van der Waals surface area contributed by atoms with Crippen LogP contribution in [0.3, 0.4) is 0 Å². The predicted molar refractivity (Wildman–Crippen MR) is 83.1 cm³/mol. The molecule has 4 heteroatoms. The quantitative estimate of drug-likeness (QED) is 0.776. The topological polar surface area (TPSA) is 30.9 Å². The van der Waals surface area contributed by atoms with Gasteiger partial charge in [0.15, 0.2) is 0 Å². The molecule has 0 bridgehead atoms. The summed E-state index contributed by atoms with van der Waals surface area (Å²) in [5.41, 5.74) is 8.15. The molecule has 0 unspecified atom stereocenters. The van der Waals surface area contributed by atoms with E-state index in [1.54, 1.807) is 11.3 Å². The fourth-order valence-electron chi connectivity index (χ4n) is 2.31. The molecule has 0 aliphatic rings. The second-order valence-electron chi connectivity index (χ2n) is 4.58. The van der Waals surface area contributed by atoms with E-state index in [0.717, 1.165) is 17.3 Å². The summed E-state index contributed by atoms with van der Waals surface area (Å²) in [5.74, 6) is 0. The first-order chi connectivity index (χ1) is 9.26. The van der Waals surface area contributed by atoms with Gasteiger partial charge < -0.3 is 10.3 Å². The number of nitrogens with zero attached hydrogens (tertiary/aromatic N) is 1. The molecule has 2 aromatic heterocycles. The van der Waals surface area contributed by atoms with Gasteiger partial charge in [0.25, 0.3) is 0 Å². The predicted octanol–water partition coefficient (Wildman–Crippen LogP) is 3.91. The molecular weight excluding hydrogens is 276 g/mol. The summed E-state index contributed by atoms with van der Waals surface area (Å²) in [4.78, 5) is 1.27. The van der Waals surface area contributed by atoms with Crippen molar-refractivity contribution >= 4 is 33.8 Å². The number of hydrogen-bond donors (Lipinski definition) is 1. The Kier molecular flexibility index (Phi) is 3.60. The summed E-state index contributed by atoms with van der Waals surface area (Å²) in [6, 6.07) is 12.8. The van der Waals surface area contributed by atoms with Gasteiger partial charge in [-0.1, -0.05) is 17.7 Å². The van der Waals surface area contributed by atoms with Crippen molar-refractivity contribution in [2.75, 3.05) is 6.54 Å². The van der Waals surface area contributed by atoms with E-state index in [-0.39, 0.29) is 0 Å². The molecule has 2 N–H and O–H groups in total. The normalized spacial score (nSPS) is 11.3. The average molecular weight is 291 g/mol. The second kappa shape index (κ2) is 5.37. The molecule has 19 heavy (non-hydrogen) atoms. The molecule has 2 heterocycles. The second-order valence-corrected chi connectivity index (χ2v) is 6.38. The van der Waals surface area contributed by atoms with Crippen molar-refractivity contribution in [1.82, 2.24) is 4.57 Å². The first kappa shape index (κ1) is 12.7. The van der Waals surface area contributed by atoms with E-state index < -0.39 is 0 Å². The van der Waals surface area contributed by atoms with Crippen LogP contribution in [0, 0.1) is 0 Å². The van der Waals surface area contributed by atoms with Crippen LogP contribution in [-0.2, 0) is 13.0 Å². The Bertz CT molecular complexity index is 699. The summed E-state index contributed by atoms with van der Waals surface area (Å²) in [5, 5.41) is 1.27. The van der Waals surface area contributed by atoms with Crippen molar-refractivity contribution in [2.24, 2.45) is 5.73 Å². The minimum atomic E-state index is 0.694. The fourth-order valence-corrected chi connectivity index (χ4v) is 3.40. The maximum absolute atomic E-state index is 5.97. The van der Waals surface area contributed by atoms with Crippen LogP contribution in [0.15, 0.2) is 42.6 Å². The van der Waals surface area contributed by atoms with Crippen LogP contribution in [0.1, 0.15) is 10.4 Å². The molecule has 0 amide bonds. The lowest BCUT2D eigenvalue weighted by molar-refractivity contribution is 0.851. The lowest BCUT2D eigenvalue weighted by atomic mass is 10.1. The summed E-state index contributed by atoms with van der Waals surface area (Å²) < 4.78 is 3.10. The van der Waals surface area contributed by atoms with Crippen LogP contribution < -0.4 is 5.73 Å². The van der Waals surface area contributed by atoms with E-state index in [4.69, 9.17) is 17.3 Å². The van der Waals surface area contributed by atoms with Crippen molar-refractivity contribution in [3.63, 3.8) is 0 Å². The molecule has 0 fully saturated rings. The highest BCUT2D eigenvalue weighted by Crippen LogP contribution is 2.24. The van der Waals surface area contributed by atoms with Gasteiger partial charge in [-0.2, -0.15) is 0 Å². The number of rotatable bonds is 4. The third kappa shape index (κ3) is 2.68. The molecule has 0 saturated heterocycles. The maximum Gasteiger partial charge on any atom is 0.0931 e. The average Bonchev–Trinajstić information content (AvgIpc) is 2.97. The minimum absolute atomic E-state index is 0.694. The Balaban J connectivity index is 1.92. The Morgan fingerprint density at radius 1 is 1.16 bits per heavy atom. The first-order valence-corrected chi connectivity index (χ1v) is 7.48. The van der Waals surface area contributed by atoms with Gasteiger partial charge >= 0.3 is 0 Å². The molecule has 1 aromatic carbocycles. The number of aromatic nitrogens is 1. The molecule has 0 aliphatic heterocycles. The number of hydrogen-bond acceptors (Lipinski definition) is 2. The SMILES string of the molecule is NCCc1ccc2c(ccn2Cc2ccc(Cl)s2)c1. The highest BCUT2D eigenvalue weighted by atomic mass is 35.5. The van der Waals surface area contributed by atoms with Crippen molar-refractivity contribution < 1.29 is 0 Å². The van der Waals surface area contributed by atoms with Crippen molar-refractivity contribution in [3.8, 4) is 0 Å². The highest BCUT2D eigenvalue weighted by molar-refractivity contribution is 7.16. The fraction of sp³-hybridized carbons (Fsp3) is 0.200. The van der Waals surface area contributed by atoms with E-state index in [1.807, 2.05) is 6.07 Å². The van der Waals surface area contributed by atoms with E-state index in [0.29, 0.717) is 6.54 Å². The first-order valence-electron chi connectivity index (χ1n) is 6.28. The molecule has 0 spiro atoms. The smallest absolute Gasteiger partial charge is 0.0931 e. The van der Waals surface area contributed by atoms with Gasteiger partial charge in [0, 0.05) is 16.6 Å². The van der Waals surface area contributed by atoms with Crippen molar-refractivity contribution in [2.45, 2.75) is 13.0 Å². The summed E-state index contributed by atoms with van der Waals surface area (Å²) in [7, 11) is 0. The van der Waals surface area contributed by atoms with E-state index >= 15 is 0 Å². The number of thiophene rings is 1. The molecule has 3 aromatic rings. The summed E-state index contributed by atoms with van der Waals surface area (Å²) >= 11 is 7.61. The molecule has 3 rings (SSSR count). The van der Waals surface area contributed by atoms with Crippen LogP contribution in [-0.4, -0.2) is 11.1 Å². The Morgan fingerprint density at radius 3 is 2.79 bits per heavy atom. The third-order valence-corrected chi connectivity index (χ3v) is 4.44. The zero-order valence-electron chi connectivity index (χ0n) is 10.5. The molecule has 98 valence electrons. The van der Waals surface area contributed by atoms with E-state index in [9.17, 15) is 0 Å². The highest BCUT2D eigenvalue weighted by Gasteiger charge is 2.04. The largest absolute Gasteiger partial charge is 0.342 e. The Hall–Kier alpha value is -1.29. The number of nitrogens with two attached hydrogens (primary N) is 1. The van der Waals surface area contributed by atoms with Gasteiger partial charge in [-0.25, -0.2) is 0 Å². The molecule has 2 nitrogen and oxygen atoms in total. The summed E-state index contributed by atoms with van der Waals surface area (Å²) in [6.07, 6.45) is 3.06. The lowest BCUT2D eigenvalue weighted by Crippen LogP contribution is -2.02. The minimum Gasteiger partial charge on any atom is -0.342 e. The maximum atomic E-state index is 5.97. The lowest BCUT2D eigenvalue weighted by Gasteiger charge is -2.04. The van der Waals surface area contributed by atoms with Crippen LogP contribution in [0.4, 0.5) is 0 Å². The third-order valence-electron chi connectivity index (χ3n) is 3.22. The van der Waals surface area contributed by atoms with Gasteiger partial charge in [0.05, 0.1) is 10.9 Å². The number of fused-ring (bicyclic) bond motifs is 1. The van der Waals surface area contributed by atoms with Gasteiger partial charge in [-0.15, -0.1) is 11.3 Å². The molecule has 0 aliphatic carbocycles. The zero-order valence-corrected chi connectivity index (χ0v) is 12.0. The van der Waals surface area contributed by atoms with Gasteiger partial charge in [-0.05, 0) is 54.2 Å². The van der Waals surface area contributed by atoms with Gasteiger partial charge in [0.1, 0.15) is 0 Å². The van der Waals surface area contributed by atoms with Crippen LogP contribution in [0.2, 0.25) is 4.34 Å². The van der Waals surface area contributed by atoms with E-state index in [1.165, 1.54) is 21.3 Å². The zero-order chi connectivity index (χ0) is 13.2. The van der Waals surface area contributed by atoms with Crippen LogP contribution >= 0.6 is 22.9 Å². The molecular formula is C15H15ClN2S. The Morgan fingerprint density at radius 2 is 2.05 bits per heavy atom. The molecule has 0 atom stereocenters. The van der Waals surface area contributed by atoms with Crippen molar-refractivity contribution in [1.29, 1.82) is 0 Å². The number of benzene rings is 1. The summed E-state index contributed by atoms with van der Waals surface area (Å²) in [6.45, 7) is 1.57. The Labute approximate surface area is 121 Å². The number of halogens is 1. The molecule has 0 saturated carbocycles. The monoisotopic (exact) mass is 290 g/mol. The van der Waals surface area contributed by atoms with Gasteiger partial charge in [-0.3, -0.25) is 0 Å². The standard InChI is InChI=1S/C15H15ClN2S/c16-15-4-2-13(19-15)10-18-8-6-12-9-11(5-7-17)1-3-14(12)18/h1-4,6,8-9H,5,7,10,17H2. The van der Waals surface area contributed by atoms with Crippen LogP contribution in [0.5, 0.6) is 0 Å². The van der Waals surface area contributed by atoms with E-state index in [2.05, 4.69) is 41.1 Å². The van der Waals surface area contributed by atoms with Gasteiger partial charge in [0.2, 0.25) is 0 Å².